The second kappa shape index (κ2) is 3.81. The highest BCUT2D eigenvalue weighted by Gasteiger charge is 2.11. The molecule has 0 aliphatic rings. The Hall–Kier alpha value is -0.240. The van der Waals surface area contributed by atoms with E-state index in [1.54, 1.807) is 0 Å². The summed E-state index contributed by atoms with van der Waals surface area (Å²) < 4.78 is 4.03. The zero-order valence-corrected chi connectivity index (χ0v) is 7.96. The molecule has 0 spiro atoms. The highest BCUT2D eigenvalue weighted by atomic mass is 32.2. The molecule has 0 saturated heterocycles. The molecule has 0 bridgehead atoms. The lowest BCUT2D eigenvalue weighted by molar-refractivity contribution is 0.528. The standard InChI is InChI=1S/C8H15NS/c1-7(6-9-10-5)8(2,3)4/h6H,1H2,2-5H3/b9-6-. The van der Waals surface area contributed by atoms with E-state index in [0.717, 1.165) is 5.57 Å². The molecule has 0 radical (unpaired) electrons. The van der Waals surface area contributed by atoms with Crippen molar-refractivity contribution in [1.29, 1.82) is 0 Å². The molecule has 0 aromatic heterocycles. The van der Waals surface area contributed by atoms with E-state index in [4.69, 9.17) is 0 Å². The molecule has 0 fully saturated rings. The molecule has 0 atom stereocenters. The molecule has 2 heteroatoms. The van der Waals surface area contributed by atoms with Crippen molar-refractivity contribution in [2.75, 3.05) is 6.26 Å². The van der Waals surface area contributed by atoms with E-state index in [2.05, 4.69) is 31.7 Å². The molecule has 0 aromatic rings. The van der Waals surface area contributed by atoms with Gasteiger partial charge in [-0.2, -0.15) is 0 Å². The Balaban J connectivity index is 3.98. The first-order valence-corrected chi connectivity index (χ1v) is 4.42. The van der Waals surface area contributed by atoms with Crippen molar-refractivity contribution in [3.63, 3.8) is 0 Å². The first kappa shape index (κ1) is 9.76. The Kier molecular flexibility index (Phi) is 3.72. The molecule has 0 unspecified atom stereocenters. The lowest BCUT2D eigenvalue weighted by Crippen LogP contribution is -2.08. The molecule has 0 aromatic carbocycles. The average Bonchev–Trinajstić information content (AvgIpc) is 1.80. The van der Waals surface area contributed by atoms with Gasteiger partial charge in [0.25, 0.3) is 0 Å². The van der Waals surface area contributed by atoms with Gasteiger partial charge in [-0.25, -0.2) is 4.40 Å². The maximum atomic E-state index is 4.03. The predicted octanol–water partition coefficient (Wildman–Crippen LogP) is 2.94. The minimum atomic E-state index is 0.152. The smallest absolute Gasteiger partial charge is 0.0382 e. The van der Waals surface area contributed by atoms with Crippen LogP contribution in [0.3, 0.4) is 0 Å². The summed E-state index contributed by atoms with van der Waals surface area (Å²) in [6.45, 7) is 10.3. The summed E-state index contributed by atoms with van der Waals surface area (Å²) in [7, 11) is 0. The van der Waals surface area contributed by atoms with Crippen molar-refractivity contribution in [3.05, 3.63) is 12.2 Å². The van der Waals surface area contributed by atoms with Gasteiger partial charge < -0.3 is 0 Å². The first-order valence-electron chi connectivity index (χ1n) is 3.24. The topological polar surface area (TPSA) is 12.4 Å². The number of allylic oxidation sites excluding steroid dienone is 1. The molecule has 0 rings (SSSR count). The largest absolute Gasteiger partial charge is 0.225 e. The summed E-state index contributed by atoms with van der Waals surface area (Å²) in [4.78, 5) is 0. The van der Waals surface area contributed by atoms with Crippen LogP contribution in [0.1, 0.15) is 20.8 Å². The van der Waals surface area contributed by atoms with Crippen LogP contribution < -0.4 is 0 Å². The van der Waals surface area contributed by atoms with Gasteiger partial charge in [-0.1, -0.05) is 27.4 Å². The van der Waals surface area contributed by atoms with Crippen molar-refractivity contribution < 1.29 is 0 Å². The quantitative estimate of drug-likeness (QED) is 0.443. The summed E-state index contributed by atoms with van der Waals surface area (Å²) >= 11 is 1.45. The van der Waals surface area contributed by atoms with Crippen molar-refractivity contribution in [3.8, 4) is 0 Å². The van der Waals surface area contributed by atoms with Crippen LogP contribution in [0.4, 0.5) is 0 Å². The van der Waals surface area contributed by atoms with Gasteiger partial charge in [0.1, 0.15) is 0 Å². The molecule has 0 aliphatic heterocycles. The molecule has 58 valence electrons. The zero-order valence-electron chi connectivity index (χ0n) is 7.14. The number of hydrogen-bond acceptors (Lipinski definition) is 2. The third-order valence-electron chi connectivity index (χ3n) is 1.28. The molecule has 0 amide bonds. The fourth-order valence-corrected chi connectivity index (χ4v) is 0.543. The number of nitrogens with zero attached hydrogens (tertiary/aromatic N) is 1. The van der Waals surface area contributed by atoms with E-state index in [9.17, 15) is 0 Å². The van der Waals surface area contributed by atoms with Crippen molar-refractivity contribution in [2.24, 2.45) is 9.81 Å². The van der Waals surface area contributed by atoms with Crippen LogP contribution in [0.15, 0.2) is 16.5 Å². The van der Waals surface area contributed by atoms with Crippen LogP contribution in [0.5, 0.6) is 0 Å². The SMILES string of the molecule is C=C(/C=N\SC)C(C)(C)C. The van der Waals surface area contributed by atoms with E-state index < -0.39 is 0 Å². The zero-order chi connectivity index (χ0) is 8.20. The first-order chi connectivity index (χ1) is 4.48. The summed E-state index contributed by atoms with van der Waals surface area (Å²) in [5.41, 5.74) is 1.22. The summed E-state index contributed by atoms with van der Waals surface area (Å²) in [6, 6.07) is 0. The van der Waals surface area contributed by atoms with Gasteiger partial charge in [-0.3, -0.25) is 0 Å². The van der Waals surface area contributed by atoms with Gasteiger partial charge in [0, 0.05) is 12.5 Å². The maximum absolute atomic E-state index is 4.03. The van der Waals surface area contributed by atoms with Crippen LogP contribution in [-0.2, 0) is 0 Å². The summed E-state index contributed by atoms with van der Waals surface area (Å²) in [5, 5.41) is 0. The van der Waals surface area contributed by atoms with Gasteiger partial charge in [0.15, 0.2) is 0 Å². The Morgan fingerprint density at radius 1 is 1.50 bits per heavy atom. The molecular weight excluding hydrogens is 142 g/mol. The Bertz CT molecular complexity index is 142. The van der Waals surface area contributed by atoms with Crippen LogP contribution >= 0.6 is 11.9 Å². The lowest BCUT2D eigenvalue weighted by Gasteiger charge is -2.17. The van der Waals surface area contributed by atoms with E-state index in [0.29, 0.717) is 0 Å². The Morgan fingerprint density at radius 2 is 2.00 bits per heavy atom. The molecule has 0 heterocycles. The molecule has 1 nitrogen and oxygen atoms in total. The van der Waals surface area contributed by atoms with Gasteiger partial charge in [-0.15, -0.1) is 0 Å². The van der Waals surface area contributed by atoms with Crippen LogP contribution in [0.2, 0.25) is 0 Å². The van der Waals surface area contributed by atoms with Gasteiger partial charge in [0.05, 0.1) is 0 Å². The van der Waals surface area contributed by atoms with Crippen molar-refractivity contribution >= 4 is 18.2 Å². The fourth-order valence-electron chi connectivity index (χ4n) is 0.310. The molecule has 0 saturated carbocycles. The van der Waals surface area contributed by atoms with Gasteiger partial charge in [0.2, 0.25) is 0 Å². The lowest BCUT2D eigenvalue weighted by atomic mass is 9.88. The highest BCUT2D eigenvalue weighted by Crippen LogP contribution is 2.21. The average molecular weight is 157 g/mol. The Labute approximate surface area is 67.8 Å². The normalized spacial score (nSPS) is 12.4. The second-order valence-electron chi connectivity index (χ2n) is 3.19. The monoisotopic (exact) mass is 157 g/mol. The third-order valence-corrected chi connectivity index (χ3v) is 1.59. The van der Waals surface area contributed by atoms with Crippen LogP contribution in [0.25, 0.3) is 0 Å². The highest BCUT2D eigenvalue weighted by molar-refractivity contribution is 7.97. The maximum Gasteiger partial charge on any atom is 0.0382 e. The summed E-state index contributed by atoms with van der Waals surface area (Å²) in [5.74, 6) is 0. The van der Waals surface area contributed by atoms with E-state index >= 15 is 0 Å². The van der Waals surface area contributed by atoms with Gasteiger partial charge >= 0.3 is 0 Å². The number of hydrogen-bond donors (Lipinski definition) is 0. The van der Waals surface area contributed by atoms with Crippen LogP contribution in [-0.4, -0.2) is 12.5 Å². The molecule has 0 aliphatic carbocycles. The number of rotatable bonds is 2. The van der Waals surface area contributed by atoms with Crippen molar-refractivity contribution in [2.45, 2.75) is 20.8 Å². The van der Waals surface area contributed by atoms with E-state index in [-0.39, 0.29) is 5.41 Å². The molecule has 10 heavy (non-hydrogen) atoms. The minimum Gasteiger partial charge on any atom is -0.225 e. The van der Waals surface area contributed by atoms with Crippen LogP contribution in [0, 0.1) is 5.41 Å². The second-order valence-corrected chi connectivity index (χ2v) is 3.77. The molecule has 0 N–H and O–H groups in total. The summed E-state index contributed by atoms with van der Waals surface area (Å²) in [6.07, 6.45) is 3.76. The molecular formula is C8H15NS. The van der Waals surface area contributed by atoms with E-state index in [1.807, 2.05) is 12.5 Å². The van der Waals surface area contributed by atoms with Crippen molar-refractivity contribution in [1.82, 2.24) is 0 Å². The van der Waals surface area contributed by atoms with Gasteiger partial charge in [-0.05, 0) is 22.9 Å². The third kappa shape index (κ3) is 3.72. The Morgan fingerprint density at radius 3 is 2.30 bits per heavy atom. The minimum absolute atomic E-state index is 0.152. The van der Waals surface area contributed by atoms with E-state index in [1.165, 1.54) is 11.9 Å². The predicted molar refractivity (Wildman–Crippen MR) is 50.6 cm³/mol. The fraction of sp³-hybridized carbons (Fsp3) is 0.625.